The van der Waals surface area contributed by atoms with Gasteiger partial charge in [-0.05, 0) is 32.6 Å². The Labute approximate surface area is 102 Å². The standard InChI is InChI=1S/C12H20ClNO2/c1-8-6-7-11(16-8)12(15)14-10-5-3-2-4-9(10)13/h8-11H,2-7H2,1H3,(H,14,15). The summed E-state index contributed by atoms with van der Waals surface area (Å²) in [5.74, 6) is 0.0295. The Morgan fingerprint density at radius 1 is 1.25 bits per heavy atom. The molecular weight excluding hydrogens is 226 g/mol. The molecule has 1 saturated heterocycles. The molecule has 92 valence electrons. The zero-order valence-electron chi connectivity index (χ0n) is 9.75. The number of halogens is 1. The first-order valence-electron chi connectivity index (χ1n) is 6.26. The molecule has 16 heavy (non-hydrogen) atoms. The highest BCUT2D eigenvalue weighted by Crippen LogP contribution is 2.24. The van der Waals surface area contributed by atoms with Gasteiger partial charge in [0.25, 0.3) is 0 Å². The van der Waals surface area contributed by atoms with E-state index in [2.05, 4.69) is 5.32 Å². The fourth-order valence-corrected chi connectivity index (χ4v) is 2.86. The summed E-state index contributed by atoms with van der Waals surface area (Å²) in [7, 11) is 0. The number of rotatable bonds is 2. The van der Waals surface area contributed by atoms with Gasteiger partial charge >= 0.3 is 0 Å². The van der Waals surface area contributed by atoms with E-state index < -0.39 is 0 Å². The third kappa shape index (κ3) is 2.89. The Balaban J connectivity index is 1.82. The van der Waals surface area contributed by atoms with Crippen molar-refractivity contribution in [2.45, 2.75) is 69.1 Å². The van der Waals surface area contributed by atoms with E-state index in [0.717, 1.165) is 32.1 Å². The maximum Gasteiger partial charge on any atom is 0.249 e. The quantitative estimate of drug-likeness (QED) is 0.758. The highest BCUT2D eigenvalue weighted by Gasteiger charge is 2.31. The first-order valence-corrected chi connectivity index (χ1v) is 6.70. The lowest BCUT2D eigenvalue weighted by atomic mass is 9.94. The second-order valence-electron chi connectivity index (χ2n) is 4.93. The Kier molecular flexibility index (Phi) is 4.09. The molecule has 0 aromatic rings. The monoisotopic (exact) mass is 245 g/mol. The number of hydrogen-bond acceptors (Lipinski definition) is 2. The molecule has 1 N–H and O–H groups in total. The minimum absolute atomic E-state index is 0.0295. The van der Waals surface area contributed by atoms with Gasteiger partial charge in [-0.1, -0.05) is 12.8 Å². The summed E-state index contributed by atoms with van der Waals surface area (Å²) >= 11 is 6.21. The van der Waals surface area contributed by atoms with Crippen LogP contribution in [0.25, 0.3) is 0 Å². The molecule has 1 saturated carbocycles. The molecule has 4 atom stereocenters. The number of alkyl halides is 1. The molecule has 2 rings (SSSR count). The second-order valence-corrected chi connectivity index (χ2v) is 5.49. The van der Waals surface area contributed by atoms with Gasteiger partial charge in [0.15, 0.2) is 0 Å². The van der Waals surface area contributed by atoms with Crippen LogP contribution in [0.4, 0.5) is 0 Å². The number of amides is 1. The van der Waals surface area contributed by atoms with Crippen LogP contribution in [0.15, 0.2) is 0 Å². The van der Waals surface area contributed by atoms with Crippen LogP contribution in [0.3, 0.4) is 0 Å². The van der Waals surface area contributed by atoms with Crippen molar-refractivity contribution in [1.82, 2.24) is 5.32 Å². The summed E-state index contributed by atoms with van der Waals surface area (Å²) in [6.07, 6.45) is 6.14. The molecular formula is C12H20ClNO2. The van der Waals surface area contributed by atoms with Gasteiger partial charge < -0.3 is 10.1 Å². The number of nitrogens with one attached hydrogen (secondary N) is 1. The third-order valence-electron chi connectivity index (χ3n) is 3.53. The largest absolute Gasteiger partial charge is 0.365 e. The van der Waals surface area contributed by atoms with Crippen LogP contribution in [-0.2, 0) is 9.53 Å². The fourth-order valence-electron chi connectivity index (χ4n) is 2.52. The normalized spacial score (nSPS) is 39.6. The van der Waals surface area contributed by atoms with Gasteiger partial charge in [0.2, 0.25) is 5.91 Å². The molecule has 0 spiro atoms. The van der Waals surface area contributed by atoms with Crippen molar-refractivity contribution >= 4 is 17.5 Å². The molecule has 4 unspecified atom stereocenters. The Morgan fingerprint density at radius 2 is 2.00 bits per heavy atom. The van der Waals surface area contributed by atoms with Crippen molar-refractivity contribution < 1.29 is 9.53 Å². The lowest BCUT2D eigenvalue weighted by Crippen LogP contribution is -2.46. The average molecular weight is 246 g/mol. The molecule has 1 amide bonds. The molecule has 0 aromatic carbocycles. The molecule has 2 aliphatic rings. The van der Waals surface area contributed by atoms with Crippen LogP contribution in [0.5, 0.6) is 0 Å². The summed E-state index contributed by atoms with van der Waals surface area (Å²) < 4.78 is 5.54. The molecule has 4 heteroatoms. The lowest BCUT2D eigenvalue weighted by Gasteiger charge is -2.28. The average Bonchev–Trinajstić information content (AvgIpc) is 2.68. The van der Waals surface area contributed by atoms with Crippen LogP contribution in [-0.4, -0.2) is 29.5 Å². The van der Waals surface area contributed by atoms with E-state index in [9.17, 15) is 4.79 Å². The summed E-state index contributed by atoms with van der Waals surface area (Å²) in [6.45, 7) is 2.01. The molecule has 0 aromatic heterocycles. The van der Waals surface area contributed by atoms with Crippen LogP contribution in [0.1, 0.15) is 45.4 Å². The Morgan fingerprint density at radius 3 is 2.62 bits per heavy atom. The van der Waals surface area contributed by atoms with Gasteiger partial charge in [-0.15, -0.1) is 11.6 Å². The maximum atomic E-state index is 11.9. The molecule has 0 bridgehead atoms. The first kappa shape index (κ1) is 12.2. The molecule has 1 aliphatic heterocycles. The second kappa shape index (κ2) is 5.37. The predicted molar refractivity (Wildman–Crippen MR) is 63.6 cm³/mol. The highest BCUT2D eigenvalue weighted by molar-refractivity contribution is 6.21. The van der Waals surface area contributed by atoms with Gasteiger partial charge in [0.1, 0.15) is 6.10 Å². The van der Waals surface area contributed by atoms with Crippen molar-refractivity contribution in [3.8, 4) is 0 Å². The van der Waals surface area contributed by atoms with Crippen molar-refractivity contribution in [2.75, 3.05) is 0 Å². The minimum Gasteiger partial charge on any atom is -0.365 e. The van der Waals surface area contributed by atoms with Gasteiger partial charge in [-0.25, -0.2) is 0 Å². The maximum absolute atomic E-state index is 11.9. The van der Waals surface area contributed by atoms with Crippen LogP contribution in [0, 0.1) is 0 Å². The van der Waals surface area contributed by atoms with E-state index in [4.69, 9.17) is 16.3 Å². The highest BCUT2D eigenvalue weighted by atomic mass is 35.5. The zero-order chi connectivity index (χ0) is 11.5. The summed E-state index contributed by atoms with van der Waals surface area (Å²) in [5, 5.41) is 3.13. The van der Waals surface area contributed by atoms with E-state index in [1.54, 1.807) is 0 Å². The predicted octanol–water partition coefficient (Wildman–Crippen LogP) is 2.22. The van der Waals surface area contributed by atoms with Gasteiger partial charge in [0.05, 0.1) is 11.5 Å². The number of carbonyl (C=O) groups excluding carboxylic acids is 1. The smallest absolute Gasteiger partial charge is 0.249 e. The van der Waals surface area contributed by atoms with E-state index in [1.165, 1.54) is 6.42 Å². The van der Waals surface area contributed by atoms with Crippen molar-refractivity contribution in [3.63, 3.8) is 0 Å². The molecule has 1 heterocycles. The van der Waals surface area contributed by atoms with E-state index >= 15 is 0 Å². The van der Waals surface area contributed by atoms with Crippen molar-refractivity contribution in [2.24, 2.45) is 0 Å². The summed E-state index contributed by atoms with van der Waals surface area (Å²) in [5.41, 5.74) is 0. The van der Waals surface area contributed by atoms with Gasteiger partial charge in [-0.3, -0.25) is 4.79 Å². The van der Waals surface area contributed by atoms with E-state index in [1.807, 2.05) is 6.92 Å². The third-order valence-corrected chi connectivity index (χ3v) is 4.06. The molecule has 2 fully saturated rings. The molecule has 1 aliphatic carbocycles. The SMILES string of the molecule is CC1CCC(C(=O)NC2CCCCC2Cl)O1. The summed E-state index contributed by atoms with van der Waals surface area (Å²) in [4.78, 5) is 11.9. The number of hydrogen-bond donors (Lipinski definition) is 1. The molecule has 0 radical (unpaired) electrons. The summed E-state index contributed by atoms with van der Waals surface area (Å²) in [6, 6.07) is 0.141. The van der Waals surface area contributed by atoms with Gasteiger partial charge in [-0.2, -0.15) is 0 Å². The van der Waals surface area contributed by atoms with Gasteiger partial charge in [0, 0.05) is 6.04 Å². The fraction of sp³-hybridized carbons (Fsp3) is 0.917. The van der Waals surface area contributed by atoms with E-state index in [-0.39, 0.29) is 29.5 Å². The van der Waals surface area contributed by atoms with Crippen molar-refractivity contribution in [1.29, 1.82) is 0 Å². The van der Waals surface area contributed by atoms with Crippen LogP contribution < -0.4 is 5.32 Å². The first-order chi connectivity index (χ1) is 7.66. The Bertz CT molecular complexity index is 259. The van der Waals surface area contributed by atoms with Crippen LogP contribution in [0.2, 0.25) is 0 Å². The van der Waals surface area contributed by atoms with Crippen molar-refractivity contribution in [3.05, 3.63) is 0 Å². The molecule has 3 nitrogen and oxygen atoms in total. The number of ether oxygens (including phenoxy) is 1. The lowest BCUT2D eigenvalue weighted by molar-refractivity contribution is -0.132. The zero-order valence-corrected chi connectivity index (χ0v) is 10.5. The topological polar surface area (TPSA) is 38.3 Å². The van der Waals surface area contributed by atoms with Crippen LogP contribution >= 0.6 is 11.6 Å². The minimum atomic E-state index is -0.249. The number of carbonyl (C=O) groups is 1. The van der Waals surface area contributed by atoms with E-state index in [0.29, 0.717) is 0 Å². The Hall–Kier alpha value is -0.280.